The zero-order valence-corrected chi connectivity index (χ0v) is 12.3. The van der Waals surface area contributed by atoms with Crippen LogP contribution in [-0.2, 0) is 9.47 Å². The van der Waals surface area contributed by atoms with Gasteiger partial charge in [-0.25, -0.2) is 0 Å². The first-order chi connectivity index (χ1) is 9.24. The minimum absolute atomic E-state index is 0.0782. The average Bonchev–Trinajstić information content (AvgIpc) is 3.02. The maximum absolute atomic E-state index is 5.97. The van der Waals surface area contributed by atoms with Crippen molar-refractivity contribution in [3.8, 4) is 0 Å². The minimum atomic E-state index is -0.103. The number of nitrogens with one attached hydrogen (secondary N) is 1. The Morgan fingerprint density at radius 2 is 2.37 bits per heavy atom. The van der Waals surface area contributed by atoms with E-state index in [2.05, 4.69) is 21.4 Å². The maximum atomic E-state index is 5.97. The van der Waals surface area contributed by atoms with Crippen molar-refractivity contribution in [1.29, 1.82) is 0 Å². The molecule has 1 aromatic heterocycles. The highest BCUT2D eigenvalue weighted by Crippen LogP contribution is 2.42. The van der Waals surface area contributed by atoms with Gasteiger partial charge in [-0.1, -0.05) is 0 Å². The third kappa shape index (κ3) is 2.60. The smallest absolute Gasteiger partial charge is 0.173 e. The van der Waals surface area contributed by atoms with Gasteiger partial charge >= 0.3 is 0 Å². The number of hydrogen-bond donors (Lipinski definition) is 2. The molecule has 0 radical (unpaired) electrons. The van der Waals surface area contributed by atoms with Gasteiger partial charge in [-0.15, -0.1) is 0 Å². The number of rotatable bonds is 3. The van der Waals surface area contributed by atoms with Crippen LogP contribution in [0, 0.1) is 5.92 Å². The van der Waals surface area contributed by atoms with Crippen LogP contribution in [0.15, 0.2) is 21.4 Å². The lowest BCUT2D eigenvalue weighted by molar-refractivity contribution is -0.103. The van der Waals surface area contributed by atoms with Crippen LogP contribution in [0.2, 0.25) is 0 Å². The second kappa shape index (κ2) is 5.54. The number of halogens is 1. The summed E-state index contributed by atoms with van der Waals surface area (Å²) in [6, 6.07) is 2.04. The van der Waals surface area contributed by atoms with Crippen LogP contribution in [0.4, 0.5) is 0 Å². The first-order valence-electron chi connectivity index (χ1n) is 6.65. The molecule has 6 heteroatoms. The van der Waals surface area contributed by atoms with Gasteiger partial charge < -0.3 is 13.9 Å². The quantitative estimate of drug-likeness (QED) is 0.656. The molecule has 3 heterocycles. The first kappa shape index (κ1) is 13.6. The lowest BCUT2D eigenvalue weighted by atomic mass is 9.79. The van der Waals surface area contributed by atoms with Crippen LogP contribution in [0.25, 0.3) is 0 Å². The van der Waals surface area contributed by atoms with Gasteiger partial charge in [0.25, 0.3) is 0 Å². The van der Waals surface area contributed by atoms with Crippen molar-refractivity contribution in [2.75, 3.05) is 19.8 Å². The van der Waals surface area contributed by atoms with Gasteiger partial charge in [0.1, 0.15) is 0 Å². The molecule has 0 aliphatic carbocycles. The van der Waals surface area contributed by atoms with Gasteiger partial charge in [0.15, 0.2) is 4.67 Å². The SMILES string of the molecule is NNC(c1ccoc1Br)C1CCOC2(CCOC2)C1. The number of furan rings is 1. The fourth-order valence-corrected chi connectivity index (χ4v) is 3.71. The van der Waals surface area contributed by atoms with E-state index in [1.54, 1.807) is 6.26 Å². The number of hydrogen-bond acceptors (Lipinski definition) is 5. The molecule has 106 valence electrons. The van der Waals surface area contributed by atoms with Crippen LogP contribution in [-0.4, -0.2) is 25.4 Å². The molecule has 2 fully saturated rings. The fraction of sp³-hybridized carbons (Fsp3) is 0.692. The summed E-state index contributed by atoms with van der Waals surface area (Å²) in [4.78, 5) is 0. The van der Waals surface area contributed by atoms with Crippen LogP contribution in [0.1, 0.15) is 30.9 Å². The van der Waals surface area contributed by atoms with Gasteiger partial charge in [0.05, 0.1) is 24.5 Å². The van der Waals surface area contributed by atoms with Crippen molar-refractivity contribution in [2.24, 2.45) is 11.8 Å². The molecule has 5 nitrogen and oxygen atoms in total. The van der Waals surface area contributed by atoms with Crippen molar-refractivity contribution in [3.63, 3.8) is 0 Å². The summed E-state index contributed by atoms with van der Waals surface area (Å²) >= 11 is 3.43. The highest BCUT2D eigenvalue weighted by Gasteiger charge is 2.43. The Morgan fingerprint density at radius 3 is 3.00 bits per heavy atom. The summed E-state index contributed by atoms with van der Waals surface area (Å²) in [7, 11) is 0. The summed E-state index contributed by atoms with van der Waals surface area (Å²) in [5.74, 6) is 6.19. The molecule has 0 saturated carbocycles. The molecule has 0 amide bonds. The summed E-state index contributed by atoms with van der Waals surface area (Å²) in [6.07, 6.45) is 4.62. The molecule has 1 spiro atoms. The standard InChI is InChI=1S/C13H19BrN2O3/c14-12-10(2-4-18-12)11(16-15)9-1-5-19-13(7-9)3-6-17-8-13/h2,4,9,11,16H,1,3,5-8,15H2. The zero-order valence-electron chi connectivity index (χ0n) is 10.7. The Morgan fingerprint density at radius 1 is 1.47 bits per heavy atom. The number of hydrazine groups is 1. The summed E-state index contributed by atoms with van der Waals surface area (Å²) in [5, 5.41) is 0. The number of nitrogens with two attached hydrogens (primary N) is 1. The van der Waals surface area contributed by atoms with E-state index >= 15 is 0 Å². The molecule has 0 aromatic carbocycles. The molecule has 3 N–H and O–H groups in total. The summed E-state index contributed by atoms with van der Waals surface area (Å²) in [5.41, 5.74) is 3.90. The molecule has 2 aliphatic rings. The molecule has 3 rings (SSSR count). The maximum Gasteiger partial charge on any atom is 0.173 e. The van der Waals surface area contributed by atoms with Crippen molar-refractivity contribution in [1.82, 2.24) is 5.43 Å². The third-order valence-corrected chi connectivity index (χ3v) is 4.88. The Hall–Kier alpha value is -0.400. The Kier molecular flexibility index (Phi) is 3.96. The molecule has 3 unspecified atom stereocenters. The van der Waals surface area contributed by atoms with E-state index in [0.717, 1.165) is 42.7 Å². The molecule has 2 aliphatic heterocycles. The largest absolute Gasteiger partial charge is 0.457 e. The molecule has 1 aromatic rings. The lowest BCUT2D eigenvalue weighted by Crippen LogP contribution is -2.45. The zero-order chi connectivity index (χ0) is 13.3. The van der Waals surface area contributed by atoms with E-state index in [1.807, 2.05) is 6.07 Å². The lowest BCUT2D eigenvalue weighted by Gasteiger charge is -2.40. The fourth-order valence-electron chi connectivity index (χ4n) is 3.22. The highest BCUT2D eigenvalue weighted by molar-refractivity contribution is 9.10. The molecule has 3 atom stereocenters. The highest BCUT2D eigenvalue weighted by atomic mass is 79.9. The van der Waals surface area contributed by atoms with Crippen LogP contribution in [0.3, 0.4) is 0 Å². The van der Waals surface area contributed by atoms with E-state index in [9.17, 15) is 0 Å². The van der Waals surface area contributed by atoms with Crippen molar-refractivity contribution in [2.45, 2.75) is 30.9 Å². The second-order valence-corrected chi connectivity index (χ2v) is 6.10. The Bertz CT molecular complexity index is 431. The topological polar surface area (TPSA) is 69.7 Å². The van der Waals surface area contributed by atoms with Crippen LogP contribution < -0.4 is 11.3 Å². The van der Waals surface area contributed by atoms with Crippen LogP contribution in [0.5, 0.6) is 0 Å². The molecular formula is C13H19BrN2O3. The summed E-state index contributed by atoms with van der Waals surface area (Å²) < 4.78 is 17.5. The minimum Gasteiger partial charge on any atom is -0.457 e. The van der Waals surface area contributed by atoms with E-state index in [-0.39, 0.29) is 11.6 Å². The summed E-state index contributed by atoms with van der Waals surface area (Å²) in [6.45, 7) is 2.26. The second-order valence-electron chi connectivity index (χ2n) is 5.38. The van der Waals surface area contributed by atoms with E-state index in [0.29, 0.717) is 12.5 Å². The monoisotopic (exact) mass is 330 g/mol. The van der Waals surface area contributed by atoms with E-state index in [4.69, 9.17) is 19.7 Å². The van der Waals surface area contributed by atoms with Gasteiger partial charge in [0, 0.05) is 25.2 Å². The first-order valence-corrected chi connectivity index (χ1v) is 7.44. The Balaban J connectivity index is 1.78. The molecule has 19 heavy (non-hydrogen) atoms. The van der Waals surface area contributed by atoms with Crippen molar-refractivity contribution in [3.05, 3.63) is 22.6 Å². The van der Waals surface area contributed by atoms with Gasteiger partial charge in [0.2, 0.25) is 0 Å². The Labute approximate surface area is 120 Å². The molecule has 2 saturated heterocycles. The van der Waals surface area contributed by atoms with E-state index < -0.39 is 0 Å². The van der Waals surface area contributed by atoms with Gasteiger partial charge in [-0.2, -0.15) is 0 Å². The average molecular weight is 331 g/mol. The molecular weight excluding hydrogens is 312 g/mol. The predicted molar refractivity (Wildman–Crippen MR) is 73.3 cm³/mol. The van der Waals surface area contributed by atoms with Gasteiger partial charge in [-0.05, 0) is 40.8 Å². The van der Waals surface area contributed by atoms with Crippen LogP contribution >= 0.6 is 15.9 Å². The predicted octanol–water partition coefficient (Wildman–Crippen LogP) is 2.13. The normalized spacial score (nSPS) is 32.8. The molecule has 0 bridgehead atoms. The van der Waals surface area contributed by atoms with Crippen molar-refractivity contribution >= 4 is 15.9 Å². The van der Waals surface area contributed by atoms with Crippen molar-refractivity contribution < 1.29 is 13.9 Å². The number of ether oxygens (including phenoxy) is 2. The van der Waals surface area contributed by atoms with E-state index in [1.165, 1.54) is 0 Å². The van der Waals surface area contributed by atoms with Gasteiger partial charge in [-0.3, -0.25) is 11.3 Å². The third-order valence-electron chi connectivity index (χ3n) is 4.23.